The highest BCUT2D eigenvalue weighted by Crippen LogP contribution is 2.23. The molecule has 0 radical (unpaired) electrons. The fourth-order valence-corrected chi connectivity index (χ4v) is 2.24. The summed E-state index contributed by atoms with van der Waals surface area (Å²) in [5.41, 5.74) is 2.72. The highest BCUT2D eigenvalue weighted by molar-refractivity contribution is 5.36. The molecule has 1 N–H and O–H groups in total. The Morgan fingerprint density at radius 2 is 2.00 bits per heavy atom. The molecule has 1 rings (SSSR count). The van der Waals surface area contributed by atoms with Crippen LogP contribution in [-0.2, 0) is 0 Å². The van der Waals surface area contributed by atoms with E-state index >= 15 is 0 Å². The maximum Gasteiger partial charge on any atom is 0.119 e. The molecule has 1 atom stereocenters. The molecule has 2 nitrogen and oxygen atoms in total. The van der Waals surface area contributed by atoms with Crippen molar-refractivity contribution in [3.63, 3.8) is 0 Å². The number of likely N-dealkylation sites (N-methyl/N-ethyl adjacent to an activating group) is 1. The van der Waals surface area contributed by atoms with Gasteiger partial charge in [-0.3, -0.25) is 0 Å². The summed E-state index contributed by atoms with van der Waals surface area (Å²) in [6.07, 6.45) is 2.33. The predicted molar refractivity (Wildman–Crippen MR) is 78.5 cm³/mol. The molecule has 0 fully saturated rings. The van der Waals surface area contributed by atoms with Crippen LogP contribution in [0.25, 0.3) is 0 Å². The molecule has 1 unspecified atom stereocenters. The van der Waals surface area contributed by atoms with E-state index in [2.05, 4.69) is 51.2 Å². The van der Waals surface area contributed by atoms with E-state index in [1.807, 2.05) is 7.05 Å². The van der Waals surface area contributed by atoms with Crippen LogP contribution in [0.15, 0.2) is 18.2 Å². The Morgan fingerprint density at radius 1 is 1.28 bits per heavy atom. The molecular weight excluding hydrogens is 222 g/mol. The largest absolute Gasteiger partial charge is 0.492 e. The van der Waals surface area contributed by atoms with Crippen molar-refractivity contribution in [2.75, 3.05) is 13.7 Å². The lowest BCUT2D eigenvalue weighted by molar-refractivity contribution is 0.262. The van der Waals surface area contributed by atoms with E-state index in [1.54, 1.807) is 0 Å². The van der Waals surface area contributed by atoms with Crippen molar-refractivity contribution < 1.29 is 4.74 Å². The average Bonchev–Trinajstić information content (AvgIpc) is 2.34. The predicted octanol–water partition coefficient (Wildman–Crippen LogP) is 3.89. The zero-order valence-corrected chi connectivity index (χ0v) is 12.4. The molecule has 0 saturated carbocycles. The van der Waals surface area contributed by atoms with Gasteiger partial charge in [0.05, 0.1) is 0 Å². The van der Waals surface area contributed by atoms with Crippen LogP contribution in [0.1, 0.15) is 50.7 Å². The summed E-state index contributed by atoms with van der Waals surface area (Å²) in [5.74, 6) is 1.55. The van der Waals surface area contributed by atoms with Crippen LogP contribution in [0.5, 0.6) is 5.75 Å². The molecule has 102 valence electrons. The zero-order chi connectivity index (χ0) is 13.5. The molecule has 0 heterocycles. The third-order valence-electron chi connectivity index (χ3n) is 3.36. The van der Waals surface area contributed by atoms with Gasteiger partial charge in [0.1, 0.15) is 12.4 Å². The second-order valence-corrected chi connectivity index (χ2v) is 5.26. The third kappa shape index (κ3) is 4.34. The van der Waals surface area contributed by atoms with E-state index < -0.39 is 0 Å². The highest BCUT2D eigenvalue weighted by atomic mass is 16.5. The Kier molecular flexibility index (Phi) is 6.20. The zero-order valence-electron chi connectivity index (χ0n) is 12.4. The minimum absolute atomic E-state index is 0.445. The number of rotatable bonds is 7. The number of hydrogen-bond acceptors (Lipinski definition) is 2. The SMILES string of the molecule is CCCC(COc1ccc(C(C)C)c(C)c1)NC. The summed E-state index contributed by atoms with van der Waals surface area (Å²) in [7, 11) is 2.00. The van der Waals surface area contributed by atoms with Crippen molar-refractivity contribution in [1.82, 2.24) is 5.32 Å². The fourth-order valence-electron chi connectivity index (χ4n) is 2.24. The summed E-state index contributed by atoms with van der Waals surface area (Å²) in [5, 5.41) is 3.29. The van der Waals surface area contributed by atoms with Gasteiger partial charge < -0.3 is 10.1 Å². The van der Waals surface area contributed by atoms with Crippen molar-refractivity contribution in [3.8, 4) is 5.75 Å². The van der Waals surface area contributed by atoms with Crippen LogP contribution in [0.4, 0.5) is 0 Å². The van der Waals surface area contributed by atoms with Crippen LogP contribution in [0, 0.1) is 6.92 Å². The van der Waals surface area contributed by atoms with Crippen LogP contribution >= 0.6 is 0 Å². The highest BCUT2D eigenvalue weighted by Gasteiger charge is 2.07. The second-order valence-electron chi connectivity index (χ2n) is 5.26. The number of aryl methyl sites for hydroxylation is 1. The van der Waals surface area contributed by atoms with Crippen LogP contribution in [0.3, 0.4) is 0 Å². The Morgan fingerprint density at radius 3 is 2.50 bits per heavy atom. The maximum atomic E-state index is 5.86. The fraction of sp³-hybridized carbons (Fsp3) is 0.625. The normalized spacial score (nSPS) is 12.8. The van der Waals surface area contributed by atoms with E-state index in [0.717, 1.165) is 18.8 Å². The Labute approximate surface area is 112 Å². The van der Waals surface area contributed by atoms with Crippen molar-refractivity contribution in [2.24, 2.45) is 0 Å². The second kappa shape index (κ2) is 7.42. The molecule has 0 aliphatic heterocycles. The quantitative estimate of drug-likeness (QED) is 0.791. The van der Waals surface area contributed by atoms with E-state index in [0.29, 0.717) is 12.0 Å². The number of nitrogens with one attached hydrogen (secondary N) is 1. The lowest BCUT2D eigenvalue weighted by atomic mass is 9.98. The Bertz CT molecular complexity index is 360. The van der Waals surface area contributed by atoms with Crippen molar-refractivity contribution >= 4 is 0 Å². The molecule has 0 aliphatic rings. The molecule has 1 aromatic carbocycles. The van der Waals surface area contributed by atoms with Gasteiger partial charge in [-0.05, 0) is 49.6 Å². The molecular formula is C16H27NO. The minimum atomic E-state index is 0.445. The van der Waals surface area contributed by atoms with Gasteiger partial charge in [0, 0.05) is 6.04 Å². The summed E-state index contributed by atoms with van der Waals surface area (Å²) in [6, 6.07) is 6.86. The van der Waals surface area contributed by atoms with E-state index in [4.69, 9.17) is 4.74 Å². The summed E-state index contributed by atoms with van der Waals surface area (Å²) in [4.78, 5) is 0. The molecule has 0 amide bonds. The van der Waals surface area contributed by atoms with Gasteiger partial charge in [-0.2, -0.15) is 0 Å². The minimum Gasteiger partial charge on any atom is -0.492 e. The van der Waals surface area contributed by atoms with E-state index in [1.165, 1.54) is 17.5 Å². The van der Waals surface area contributed by atoms with Gasteiger partial charge in [0.2, 0.25) is 0 Å². The molecule has 1 aromatic rings. The van der Waals surface area contributed by atoms with Gasteiger partial charge >= 0.3 is 0 Å². The van der Waals surface area contributed by atoms with Crippen molar-refractivity contribution in [2.45, 2.75) is 52.5 Å². The number of hydrogen-bond donors (Lipinski definition) is 1. The Hall–Kier alpha value is -1.02. The van der Waals surface area contributed by atoms with E-state index in [9.17, 15) is 0 Å². The summed E-state index contributed by atoms with van der Waals surface area (Å²) in [6.45, 7) is 9.54. The molecule has 0 spiro atoms. The smallest absolute Gasteiger partial charge is 0.119 e. The monoisotopic (exact) mass is 249 g/mol. The third-order valence-corrected chi connectivity index (χ3v) is 3.36. The lowest BCUT2D eigenvalue weighted by Gasteiger charge is -2.17. The van der Waals surface area contributed by atoms with Gasteiger partial charge in [-0.1, -0.05) is 33.3 Å². The standard InChI is InChI=1S/C16H27NO/c1-6-7-14(17-5)11-18-15-8-9-16(12(2)3)13(4)10-15/h8-10,12,14,17H,6-7,11H2,1-5H3. The molecule has 0 saturated heterocycles. The summed E-state index contributed by atoms with van der Waals surface area (Å²) < 4.78 is 5.86. The van der Waals surface area contributed by atoms with Crippen LogP contribution in [0.2, 0.25) is 0 Å². The van der Waals surface area contributed by atoms with Crippen LogP contribution < -0.4 is 10.1 Å². The number of ether oxygens (including phenoxy) is 1. The molecule has 0 aliphatic carbocycles. The van der Waals surface area contributed by atoms with Gasteiger partial charge in [-0.15, -0.1) is 0 Å². The first-order chi connectivity index (χ1) is 8.58. The van der Waals surface area contributed by atoms with Crippen molar-refractivity contribution in [3.05, 3.63) is 29.3 Å². The topological polar surface area (TPSA) is 21.3 Å². The van der Waals surface area contributed by atoms with E-state index in [-0.39, 0.29) is 0 Å². The summed E-state index contributed by atoms with van der Waals surface area (Å²) >= 11 is 0. The first-order valence-corrected chi connectivity index (χ1v) is 6.99. The Balaban J connectivity index is 2.60. The molecule has 0 bridgehead atoms. The average molecular weight is 249 g/mol. The first kappa shape index (κ1) is 15.0. The van der Waals surface area contributed by atoms with Crippen molar-refractivity contribution in [1.29, 1.82) is 0 Å². The number of benzene rings is 1. The lowest BCUT2D eigenvalue weighted by Crippen LogP contribution is -2.31. The maximum absolute atomic E-state index is 5.86. The van der Waals surface area contributed by atoms with Crippen LogP contribution in [-0.4, -0.2) is 19.7 Å². The molecule has 0 aromatic heterocycles. The van der Waals surface area contributed by atoms with Gasteiger partial charge in [0.15, 0.2) is 0 Å². The molecule has 2 heteroatoms. The first-order valence-electron chi connectivity index (χ1n) is 6.99. The molecule has 18 heavy (non-hydrogen) atoms. The van der Waals surface area contributed by atoms with Gasteiger partial charge in [0.25, 0.3) is 0 Å². The van der Waals surface area contributed by atoms with Gasteiger partial charge in [-0.25, -0.2) is 0 Å².